The number of carbonyl (C=O) groups excluding carboxylic acids is 2. The molecule has 0 saturated carbocycles. The highest BCUT2D eigenvalue weighted by atomic mass is 79.9. The number of aryl methyl sites for hydroxylation is 1. The van der Waals surface area contributed by atoms with Gasteiger partial charge in [0.15, 0.2) is 0 Å². The maximum atomic E-state index is 12.8. The molecule has 1 aliphatic rings. The zero-order chi connectivity index (χ0) is 22.0. The minimum atomic E-state index is -0.383. The second-order valence-electron chi connectivity index (χ2n) is 7.69. The number of benzene rings is 3. The van der Waals surface area contributed by atoms with E-state index in [1.807, 2.05) is 56.3 Å². The van der Waals surface area contributed by atoms with E-state index in [0.29, 0.717) is 18.0 Å². The van der Waals surface area contributed by atoms with E-state index in [1.165, 1.54) is 0 Å². The lowest BCUT2D eigenvalue weighted by molar-refractivity contribution is -0.122. The SMILES string of the molecule is Cc1cccc(N2C[C@H](C(=O)Nc3ccc(Oc4ccc(Br)cc4)cc3)CC2=O)c1C. The fraction of sp³-hybridized carbons (Fsp3) is 0.200. The van der Waals surface area contributed by atoms with E-state index in [4.69, 9.17) is 4.74 Å². The highest BCUT2D eigenvalue weighted by Gasteiger charge is 2.35. The monoisotopic (exact) mass is 478 g/mol. The number of hydrogen-bond acceptors (Lipinski definition) is 3. The van der Waals surface area contributed by atoms with Crippen molar-refractivity contribution in [1.82, 2.24) is 0 Å². The molecule has 0 aromatic heterocycles. The summed E-state index contributed by atoms with van der Waals surface area (Å²) in [6.45, 7) is 4.41. The molecule has 0 unspecified atom stereocenters. The van der Waals surface area contributed by atoms with Crippen LogP contribution in [0.4, 0.5) is 11.4 Å². The Morgan fingerprint density at radius 3 is 2.32 bits per heavy atom. The highest BCUT2D eigenvalue weighted by molar-refractivity contribution is 9.10. The fourth-order valence-corrected chi connectivity index (χ4v) is 3.90. The molecule has 1 aliphatic heterocycles. The second-order valence-corrected chi connectivity index (χ2v) is 8.61. The molecule has 31 heavy (non-hydrogen) atoms. The topological polar surface area (TPSA) is 58.6 Å². The van der Waals surface area contributed by atoms with E-state index in [9.17, 15) is 9.59 Å². The van der Waals surface area contributed by atoms with Crippen LogP contribution in [0.2, 0.25) is 0 Å². The largest absolute Gasteiger partial charge is 0.457 e. The summed E-state index contributed by atoms with van der Waals surface area (Å²) in [5.74, 6) is 0.856. The average Bonchev–Trinajstić information content (AvgIpc) is 3.15. The lowest BCUT2D eigenvalue weighted by atomic mass is 10.1. The fourth-order valence-electron chi connectivity index (χ4n) is 3.63. The number of ether oxygens (including phenoxy) is 1. The van der Waals surface area contributed by atoms with Crippen LogP contribution in [-0.2, 0) is 9.59 Å². The molecule has 158 valence electrons. The van der Waals surface area contributed by atoms with Gasteiger partial charge in [0, 0.05) is 28.8 Å². The standard InChI is InChI=1S/C25H23BrN2O3/c1-16-4-3-5-23(17(16)2)28-15-18(14-24(28)29)25(30)27-20-8-12-22(13-9-20)31-21-10-6-19(26)7-11-21/h3-13,18H,14-15H2,1-2H3,(H,27,30)/t18-/m1/s1. The Morgan fingerprint density at radius 2 is 1.65 bits per heavy atom. The molecule has 6 heteroatoms. The van der Waals surface area contributed by atoms with E-state index in [-0.39, 0.29) is 24.2 Å². The maximum Gasteiger partial charge on any atom is 0.229 e. The molecule has 1 heterocycles. The highest BCUT2D eigenvalue weighted by Crippen LogP contribution is 2.30. The average molecular weight is 479 g/mol. The van der Waals surface area contributed by atoms with Gasteiger partial charge >= 0.3 is 0 Å². The van der Waals surface area contributed by atoms with Crippen molar-refractivity contribution >= 4 is 39.1 Å². The number of anilines is 2. The van der Waals surface area contributed by atoms with Crippen LogP contribution < -0.4 is 15.0 Å². The lowest BCUT2D eigenvalue weighted by Gasteiger charge is -2.20. The number of amides is 2. The Bertz CT molecular complexity index is 1110. The Labute approximate surface area is 190 Å². The van der Waals surface area contributed by atoms with Crippen LogP contribution in [-0.4, -0.2) is 18.4 Å². The molecular formula is C25H23BrN2O3. The zero-order valence-corrected chi connectivity index (χ0v) is 19.0. The maximum absolute atomic E-state index is 12.8. The summed E-state index contributed by atoms with van der Waals surface area (Å²) in [5.41, 5.74) is 3.75. The third kappa shape index (κ3) is 4.80. The lowest BCUT2D eigenvalue weighted by Crippen LogP contribution is -2.28. The Balaban J connectivity index is 1.38. The van der Waals surface area contributed by atoms with Crippen LogP contribution in [0.3, 0.4) is 0 Å². The molecule has 1 fully saturated rings. The first kappa shape index (κ1) is 21.1. The van der Waals surface area contributed by atoms with Gasteiger partial charge < -0.3 is 15.0 Å². The molecular weight excluding hydrogens is 456 g/mol. The van der Waals surface area contributed by atoms with E-state index in [1.54, 1.807) is 29.2 Å². The van der Waals surface area contributed by atoms with Crippen molar-refractivity contribution < 1.29 is 14.3 Å². The molecule has 3 aromatic rings. The van der Waals surface area contributed by atoms with Gasteiger partial charge in [0.25, 0.3) is 0 Å². The minimum absolute atomic E-state index is 0.0212. The van der Waals surface area contributed by atoms with Crippen molar-refractivity contribution in [1.29, 1.82) is 0 Å². The van der Waals surface area contributed by atoms with Crippen molar-refractivity contribution in [3.8, 4) is 11.5 Å². The van der Waals surface area contributed by atoms with Crippen LogP contribution in [0.15, 0.2) is 71.2 Å². The number of rotatable bonds is 5. The third-order valence-corrected chi connectivity index (χ3v) is 6.06. The summed E-state index contributed by atoms with van der Waals surface area (Å²) in [6.07, 6.45) is 0.212. The molecule has 0 aliphatic carbocycles. The molecule has 1 atom stereocenters. The Kier molecular flexibility index (Phi) is 6.09. The molecule has 0 radical (unpaired) electrons. The summed E-state index contributed by atoms with van der Waals surface area (Å²) in [6, 6.07) is 20.7. The summed E-state index contributed by atoms with van der Waals surface area (Å²) in [7, 11) is 0. The molecule has 2 amide bonds. The van der Waals surface area contributed by atoms with Gasteiger partial charge in [0.2, 0.25) is 11.8 Å². The first-order valence-electron chi connectivity index (χ1n) is 10.1. The molecule has 3 aromatic carbocycles. The van der Waals surface area contributed by atoms with E-state index in [2.05, 4.69) is 21.2 Å². The van der Waals surface area contributed by atoms with Gasteiger partial charge in [0.1, 0.15) is 11.5 Å². The summed E-state index contributed by atoms with van der Waals surface area (Å²) in [4.78, 5) is 27.1. The normalized spacial score (nSPS) is 15.8. The molecule has 0 spiro atoms. The van der Waals surface area contributed by atoms with Crippen molar-refractivity contribution in [3.05, 3.63) is 82.3 Å². The number of hydrogen-bond donors (Lipinski definition) is 1. The van der Waals surface area contributed by atoms with Crippen LogP contribution in [0.5, 0.6) is 11.5 Å². The molecule has 1 saturated heterocycles. The number of nitrogens with zero attached hydrogens (tertiary/aromatic N) is 1. The van der Waals surface area contributed by atoms with Crippen LogP contribution in [0, 0.1) is 19.8 Å². The van der Waals surface area contributed by atoms with Gasteiger partial charge in [0.05, 0.1) is 5.92 Å². The van der Waals surface area contributed by atoms with Gasteiger partial charge in [-0.1, -0.05) is 28.1 Å². The Hall–Kier alpha value is -3.12. The van der Waals surface area contributed by atoms with Crippen LogP contribution in [0.1, 0.15) is 17.5 Å². The first-order chi connectivity index (χ1) is 14.9. The van der Waals surface area contributed by atoms with Gasteiger partial charge in [-0.05, 0) is 79.6 Å². The molecule has 1 N–H and O–H groups in total. The molecule has 0 bridgehead atoms. The van der Waals surface area contributed by atoms with Crippen molar-refractivity contribution in [3.63, 3.8) is 0 Å². The van der Waals surface area contributed by atoms with Gasteiger partial charge in [-0.15, -0.1) is 0 Å². The minimum Gasteiger partial charge on any atom is -0.457 e. The van der Waals surface area contributed by atoms with E-state index >= 15 is 0 Å². The number of halogens is 1. The van der Waals surface area contributed by atoms with E-state index < -0.39 is 0 Å². The summed E-state index contributed by atoms with van der Waals surface area (Å²) in [5, 5.41) is 2.92. The van der Waals surface area contributed by atoms with Crippen molar-refractivity contribution in [2.75, 3.05) is 16.8 Å². The Morgan fingerprint density at radius 1 is 1.00 bits per heavy atom. The quantitative estimate of drug-likeness (QED) is 0.500. The second kappa shape index (κ2) is 8.94. The third-order valence-electron chi connectivity index (χ3n) is 5.53. The van der Waals surface area contributed by atoms with Gasteiger partial charge in [-0.25, -0.2) is 0 Å². The smallest absolute Gasteiger partial charge is 0.229 e. The predicted octanol–water partition coefficient (Wildman–Crippen LogP) is 5.85. The number of nitrogens with one attached hydrogen (secondary N) is 1. The summed E-state index contributed by atoms with van der Waals surface area (Å²) < 4.78 is 6.79. The predicted molar refractivity (Wildman–Crippen MR) is 126 cm³/mol. The molecule has 4 rings (SSSR count). The van der Waals surface area contributed by atoms with Gasteiger partial charge in [-0.2, -0.15) is 0 Å². The van der Waals surface area contributed by atoms with Gasteiger partial charge in [-0.3, -0.25) is 9.59 Å². The number of carbonyl (C=O) groups is 2. The van der Waals surface area contributed by atoms with Crippen LogP contribution >= 0.6 is 15.9 Å². The molecule has 5 nitrogen and oxygen atoms in total. The van der Waals surface area contributed by atoms with Crippen LogP contribution in [0.25, 0.3) is 0 Å². The summed E-state index contributed by atoms with van der Waals surface area (Å²) >= 11 is 3.40. The zero-order valence-electron chi connectivity index (χ0n) is 17.4. The first-order valence-corrected chi connectivity index (χ1v) is 10.9. The van der Waals surface area contributed by atoms with Crippen molar-refractivity contribution in [2.24, 2.45) is 5.92 Å². The van der Waals surface area contributed by atoms with Crippen molar-refractivity contribution in [2.45, 2.75) is 20.3 Å². The van der Waals surface area contributed by atoms with E-state index in [0.717, 1.165) is 27.0 Å².